The van der Waals surface area contributed by atoms with Crippen LogP contribution < -0.4 is 5.46 Å². The summed E-state index contributed by atoms with van der Waals surface area (Å²) >= 11 is 0. The van der Waals surface area contributed by atoms with Gasteiger partial charge in [0.25, 0.3) is 5.91 Å². The van der Waals surface area contributed by atoms with Crippen molar-refractivity contribution in [3.63, 3.8) is 0 Å². The van der Waals surface area contributed by atoms with Crippen LogP contribution in [0.15, 0.2) is 48.5 Å². The molecule has 2 aromatic rings. The molecular formula is C23H30BNO3. The molecule has 2 aromatic carbocycles. The molecule has 1 aliphatic rings. The summed E-state index contributed by atoms with van der Waals surface area (Å²) in [6.45, 7) is 13.4. The summed E-state index contributed by atoms with van der Waals surface area (Å²) in [4.78, 5) is 14.8. The zero-order valence-corrected chi connectivity index (χ0v) is 17.8. The molecule has 0 atom stereocenters. The van der Waals surface area contributed by atoms with E-state index in [1.54, 1.807) is 0 Å². The Morgan fingerprint density at radius 2 is 1.61 bits per heavy atom. The van der Waals surface area contributed by atoms with Crippen molar-refractivity contribution in [2.75, 3.05) is 6.54 Å². The van der Waals surface area contributed by atoms with Gasteiger partial charge in [0.15, 0.2) is 0 Å². The molecular weight excluding hydrogens is 349 g/mol. The molecule has 0 bridgehead atoms. The first-order chi connectivity index (χ1) is 13.1. The Labute approximate surface area is 169 Å². The van der Waals surface area contributed by atoms with Crippen LogP contribution in [-0.2, 0) is 15.9 Å². The van der Waals surface area contributed by atoms with Gasteiger partial charge in [-0.2, -0.15) is 0 Å². The maximum atomic E-state index is 13.0. The van der Waals surface area contributed by atoms with Gasteiger partial charge in [0.1, 0.15) is 0 Å². The van der Waals surface area contributed by atoms with Crippen molar-refractivity contribution in [3.8, 4) is 0 Å². The molecule has 1 heterocycles. The molecule has 0 saturated carbocycles. The van der Waals surface area contributed by atoms with Gasteiger partial charge in [0, 0.05) is 18.7 Å². The maximum absolute atomic E-state index is 13.0. The van der Waals surface area contributed by atoms with E-state index in [2.05, 4.69) is 52.8 Å². The van der Waals surface area contributed by atoms with Gasteiger partial charge in [0.05, 0.1) is 11.2 Å². The van der Waals surface area contributed by atoms with E-state index >= 15 is 0 Å². The van der Waals surface area contributed by atoms with Gasteiger partial charge in [0.2, 0.25) is 0 Å². The van der Waals surface area contributed by atoms with Gasteiger partial charge in [-0.15, -0.1) is 0 Å². The monoisotopic (exact) mass is 379 g/mol. The standard InChI is InChI=1S/C23H30BNO3/c1-7-25(21(26)18-11-9-8-10-12-18)16-19-15-17(2)13-14-20(19)24-27-22(3,4)23(5,6)28-24/h8-15H,7,16H2,1-6H3. The van der Waals surface area contributed by atoms with E-state index in [1.165, 1.54) is 0 Å². The molecule has 1 saturated heterocycles. The Morgan fingerprint density at radius 3 is 2.18 bits per heavy atom. The lowest BCUT2D eigenvalue weighted by atomic mass is 9.75. The number of rotatable bonds is 5. The molecule has 5 heteroatoms. The molecule has 4 nitrogen and oxygen atoms in total. The third-order valence-corrected chi connectivity index (χ3v) is 5.86. The van der Waals surface area contributed by atoms with Crippen molar-refractivity contribution >= 4 is 18.5 Å². The average Bonchev–Trinajstić information content (AvgIpc) is 2.87. The van der Waals surface area contributed by atoms with Crippen LogP contribution in [0, 0.1) is 6.92 Å². The quantitative estimate of drug-likeness (QED) is 0.739. The van der Waals surface area contributed by atoms with Crippen molar-refractivity contribution in [1.82, 2.24) is 4.90 Å². The highest BCUT2D eigenvalue weighted by Crippen LogP contribution is 2.36. The second-order valence-corrected chi connectivity index (χ2v) is 8.48. The minimum atomic E-state index is -0.439. The zero-order chi connectivity index (χ0) is 20.5. The van der Waals surface area contributed by atoms with Crippen LogP contribution in [0.2, 0.25) is 0 Å². The highest BCUT2D eigenvalue weighted by atomic mass is 16.7. The van der Waals surface area contributed by atoms with E-state index in [4.69, 9.17) is 9.31 Å². The van der Waals surface area contributed by atoms with Crippen LogP contribution in [-0.4, -0.2) is 35.7 Å². The fourth-order valence-corrected chi connectivity index (χ4v) is 3.37. The first-order valence-electron chi connectivity index (χ1n) is 9.94. The van der Waals surface area contributed by atoms with Crippen molar-refractivity contribution in [3.05, 3.63) is 65.2 Å². The summed E-state index contributed by atoms with van der Waals surface area (Å²) in [5, 5.41) is 0. The molecule has 3 rings (SSSR count). The molecule has 0 N–H and O–H groups in total. The van der Waals surface area contributed by atoms with Crippen LogP contribution in [0.3, 0.4) is 0 Å². The molecule has 0 radical (unpaired) electrons. The fourth-order valence-electron chi connectivity index (χ4n) is 3.37. The van der Waals surface area contributed by atoms with Crippen LogP contribution in [0.1, 0.15) is 56.1 Å². The van der Waals surface area contributed by atoms with Crippen molar-refractivity contribution in [2.24, 2.45) is 0 Å². The first kappa shape index (κ1) is 20.6. The maximum Gasteiger partial charge on any atom is 0.495 e. The number of hydrogen-bond acceptors (Lipinski definition) is 3. The molecule has 0 unspecified atom stereocenters. The molecule has 1 fully saturated rings. The highest BCUT2D eigenvalue weighted by Gasteiger charge is 2.52. The van der Waals surface area contributed by atoms with Crippen LogP contribution >= 0.6 is 0 Å². The number of amides is 1. The predicted molar refractivity (Wildman–Crippen MR) is 114 cm³/mol. The van der Waals surface area contributed by atoms with Gasteiger partial charge in [-0.3, -0.25) is 4.79 Å². The van der Waals surface area contributed by atoms with Gasteiger partial charge in [-0.25, -0.2) is 0 Å². The number of carbonyl (C=O) groups excluding carboxylic acids is 1. The van der Waals surface area contributed by atoms with E-state index in [0.717, 1.165) is 16.6 Å². The number of benzene rings is 2. The number of nitrogens with zero attached hydrogens (tertiary/aromatic N) is 1. The summed E-state index contributed by atoms with van der Waals surface area (Å²) in [6, 6.07) is 15.7. The first-order valence-corrected chi connectivity index (χ1v) is 9.94. The predicted octanol–water partition coefficient (Wildman–Crippen LogP) is 3.96. The second kappa shape index (κ2) is 7.73. The smallest absolute Gasteiger partial charge is 0.399 e. The third-order valence-electron chi connectivity index (χ3n) is 5.86. The number of aryl methyl sites for hydroxylation is 1. The summed E-state index contributed by atoms with van der Waals surface area (Å²) in [6.07, 6.45) is 0. The Bertz CT molecular complexity index is 832. The third kappa shape index (κ3) is 4.01. The van der Waals surface area contributed by atoms with E-state index in [-0.39, 0.29) is 5.91 Å². The Hall–Kier alpha value is -2.11. The minimum absolute atomic E-state index is 0.0319. The molecule has 1 amide bonds. The lowest BCUT2D eigenvalue weighted by Gasteiger charge is -2.32. The summed E-state index contributed by atoms with van der Waals surface area (Å²) in [7, 11) is -0.439. The van der Waals surface area contributed by atoms with E-state index in [0.29, 0.717) is 18.7 Å². The highest BCUT2D eigenvalue weighted by molar-refractivity contribution is 6.62. The summed E-state index contributed by atoms with van der Waals surface area (Å²) < 4.78 is 12.5. The van der Waals surface area contributed by atoms with Gasteiger partial charge in [-0.05, 0) is 64.7 Å². The zero-order valence-electron chi connectivity index (χ0n) is 17.8. The largest absolute Gasteiger partial charge is 0.495 e. The Morgan fingerprint density at radius 1 is 1.00 bits per heavy atom. The lowest BCUT2D eigenvalue weighted by molar-refractivity contribution is 0.00578. The van der Waals surface area contributed by atoms with Gasteiger partial charge in [-0.1, -0.05) is 42.0 Å². The van der Waals surface area contributed by atoms with E-state index in [9.17, 15) is 4.79 Å². The van der Waals surface area contributed by atoms with Crippen LogP contribution in [0.5, 0.6) is 0 Å². The molecule has 28 heavy (non-hydrogen) atoms. The van der Waals surface area contributed by atoms with Crippen LogP contribution in [0.4, 0.5) is 0 Å². The summed E-state index contributed by atoms with van der Waals surface area (Å²) in [5.74, 6) is 0.0319. The normalized spacial score (nSPS) is 17.6. The van der Waals surface area contributed by atoms with Crippen molar-refractivity contribution < 1.29 is 14.1 Å². The van der Waals surface area contributed by atoms with E-state index in [1.807, 2.05) is 42.2 Å². The number of carbonyl (C=O) groups is 1. The summed E-state index contributed by atoms with van der Waals surface area (Å²) in [5.41, 5.74) is 3.11. The van der Waals surface area contributed by atoms with Gasteiger partial charge >= 0.3 is 7.12 Å². The van der Waals surface area contributed by atoms with Crippen molar-refractivity contribution in [2.45, 2.75) is 59.3 Å². The molecule has 0 spiro atoms. The molecule has 0 aromatic heterocycles. The van der Waals surface area contributed by atoms with Crippen LogP contribution in [0.25, 0.3) is 0 Å². The van der Waals surface area contributed by atoms with Crippen molar-refractivity contribution in [1.29, 1.82) is 0 Å². The average molecular weight is 379 g/mol. The van der Waals surface area contributed by atoms with Gasteiger partial charge < -0.3 is 14.2 Å². The van der Waals surface area contributed by atoms with E-state index < -0.39 is 18.3 Å². The Balaban J connectivity index is 1.90. The minimum Gasteiger partial charge on any atom is -0.399 e. The molecule has 148 valence electrons. The lowest BCUT2D eigenvalue weighted by Crippen LogP contribution is -2.41. The SMILES string of the molecule is CCN(Cc1cc(C)ccc1B1OC(C)(C)C(C)(C)O1)C(=O)c1ccccc1. The topological polar surface area (TPSA) is 38.8 Å². The second-order valence-electron chi connectivity index (χ2n) is 8.48. The molecule has 0 aliphatic carbocycles. The molecule has 1 aliphatic heterocycles. The Kier molecular flexibility index (Phi) is 5.69. The fraction of sp³-hybridized carbons (Fsp3) is 0.435. The number of hydrogen-bond donors (Lipinski definition) is 0.